The standard InChI is InChI=1S/C17H28N4/c1-2-4-6-8-10-21-13-16(9-7-5-3-1)19-12-15-11-18-14-20-17(15)21/h11,14,16,19H,1-10,12-13H2. The van der Waals surface area contributed by atoms with E-state index in [0.29, 0.717) is 6.04 Å². The Kier molecular flexibility index (Phi) is 5.44. The molecular weight excluding hydrogens is 260 g/mol. The Morgan fingerprint density at radius 3 is 2.62 bits per heavy atom. The highest BCUT2D eigenvalue weighted by Gasteiger charge is 2.22. The molecule has 1 fully saturated rings. The number of nitrogens with zero attached hydrogens (tertiary/aromatic N) is 3. The van der Waals surface area contributed by atoms with Crippen LogP contribution >= 0.6 is 0 Å². The fraction of sp³-hybridized carbons (Fsp3) is 0.765. The topological polar surface area (TPSA) is 41.1 Å². The SMILES string of the molecule is c1ncc2c(n1)N1CCCCCCCCCCC(C1)NC2. The summed E-state index contributed by atoms with van der Waals surface area (Å²) in [6.45, 7) is 3.16. The van der Waals surface area contributed by atoms with Crippen molar-refractivity contribution in [1.29, 1.82) is 0 Å². The van der Waals surface area contributed by atoms with Crippen LogP contribution in [0.15, 0.2) is 12.5 Å². The molecule has 0 amide bonds. The van der Waals surface area contributed by atoms with Crippen molar-refractivity contribution in [3.8, 4) is 0 Å². The van der Waals surface area contributed by atoms with E-state index in [1.54, 1.807) is 6.33 Å². The van der Waals surface area contributed by atoms with Crippen LogP contribution in [-0.4, -0.2) is 29.1 Å². The Morgan fingerprint density at radius 1 is 1.00 bits per heavy atom. The highest BCUT2D eigenvalue weighted by atomic mass is 15.2. The molecule has 3 heterocycles. The maximum absolute atomic E-state index is 4.56. The lowest BCUT2D eigenvalue weighted by Crippen LogP contribution is -2.38. The first kappa shape index (κ1) is 14.8. The van der Waals surface area contributed by atoms with Gasteiger partial charge in [-0.15, -0.1) is 0 Å². The van der Waals surface area contributed by atoms with E-state index in [2.05, 4.69) is 20.2 Å². The first-order valence-electron chi connectivity index (χ1n) is 8.71. The van der Waals surface area contributed by atoms with Gasteiger partial charge in [-0.1, -0.05) is 44.9 Å². The smallest absolute Gasteiger partial charge is 0.136 e. The number of fused-ring (bicyclic) bond motifs is 4. The third-order valence-corrected chi connectivity index (χ3v) is 4.82. The maximum atomic E-state index is 4.56. The molecule has 4 nitrogen and oxygen atoms in total. The van der Waals surface area contributed by atoms with E-state index < -0.39 is 0 Å². The third kappa shape index (κ3) is 4.16. The zero-order valence-corrected chi connectivity index (χ0v) is 13.1. The van der Waals surface area contributed by atoms with Crippen molar-refractivity contribution < 1.29 is 0 Å². The van der Waals surface area contributed by atoms with Gasteiger partial charge in [-0.3, -0.25) is 0 Å². The lowest BCUT2D eigenvalue weighted by Gasteiger charge is -2.26. The van der Waals surface area contributed by atoms with Crippen molar-refractivity contribution >= 4 is 5.82 Å². The molecule has 0 saturated carbocycles. The molecule has 1 aromatic heterocycles. The van der Waals surface area contributed by atoms with Gasteiger partial charge >= 0.3 is 0 Å². The average molecular weight is 288 g/mol. The second kappa shape index (κ2) is 7.74. The fourth-order valence-electron chi connectivity index (χ4n) is 3.58. The van der Waals surface area contributed by atoms with E-state index in [4.69, 9.17) is 0 Å². The molecule has 0 aliphatic carbocycles. The first-order chi connectivity index (χ1) is 10.4. The minimum Gasteiger partial charge on any atom is -0.355 e. The predicted octanol–water partition coefficient (Wildman–Crippen LogP) is 3.28. The molecule has 2 bridgehead atoms. The van der Waals surface area contributed by atoms with Gasteiger partial charge in [-0.2, -0.15) is 0 Å². The maximum Gasteiger partial charge on any atom is 0.136 e. The van der Waals surface area contributed by atoms with Gasteiger partial charge in [0, 0.05) is 37.4 Å². The zero-order valence-electron chi connectivity index (χ0n) is 13.1. The zero-order chi connectivity index (χ0) is 14.3. The van der Waals surface area contributed by atoms with Crippen LogP contribution in [0.25, 0.3) is 0 Å². The lowest BCUT2D eigenvalue weighted by atomic mass is 10.1. The molecule has 1 unspecified atom stereocenters. The minimum atomic E-state index is 0.597. The largest absolute Gasteiger partial charge is 0.355 e. The Morgan fingerprint density at radius 2 is 1.76 bits per heavy atom. The van der Waals surface area contributed by atoms with Gasteiger partial charge in [0.15, 0.2) is 0 Å². The highest BCUT2D eigenvalue weighted by molar-refractivity contribution is 5.46. The van der Waals surface area contributed by atoms with E-state index in [0.717, 1.165) is 25.5 Å². The number of anilines is 1. The van der Waals surface area contributed by atoms with Crippen LogP contribution in [0.4, 0.5) is 5.82 Å². The molecule has 1 atom stereocenters. The average Bonchev–Trinajstić information content (AvgIpc) is 2.67. The molecule has 1 aromatic rings. The van der Waals surface area contributed by atoms with Gasteiger partial charge in [0.05, 0.1) is 0 Å². The third-order valence-electron chi connectivity index (χ3n) is 4.82. The molecule has 116 valence electrons. The predicted molar refractivity (Wildman–Crippen MR) is 86.4 cm³/mol. The molecule has 2 aliphatic heterocycles. The van der Waals surface area contributed by atoms with Gasteiger partial charge in [-0.25, -0.2) is 9.97 Å². The van der Waals surface area contributed by atoms with Gasteiger partial charge in [-0.05, 0) is 12.8 Å². The van der Waals surface area contributed by atoms with Crippen LogP contribution in [0.5, 0.6) is 0 Å². The van der Waals surface area contributed by atoms with Gasteiger partial charge < -0.3 is 10.2 Å². The molecule has 4 heteroatoms. The summed E-state index contributed by atoms with van der Waals surface area (Å²) in [6.07, 6.45) is 16.0. The second-order valence-electron chi connectivity index (χ2n) is 6.51. The summed E-state index contributed by atoms with van der Waals surface area (Å²) in [5, 5.41) is 3.72. The minimum absolute atomic E-state index is 0.597. The summed E-state index contributed by atoms with van der Waals surface area (Å²) < 4.78 is 0. The molecule has 2 aliphatic rings. The molecule has 1 saturated heterocycles. The molecule has 3 rings (SSSR count). The van der Waals surface area contributed by atoms with Crippen LogP contribution in [0.1, 0.15) is 63.4 Å². The van der Waals surface area contributed by atoms with Crippen molar-refractivity contribution in [2.75, 3.05) is 18.0 Å². The lowest BCUT2D eigenvalue weighted by molar-refractivity contribution is 0.458. The van der Waals surface area contributed by atoms with Crippen LogP contribution in [0, 0.1) is 0 Å². The van der Waals surface area contributed by atoms with Gasteiger partial charge in [0.2, 0.25) is 0 Å². The van der Waals surface area contributed by atoms with E-state index in [1.165, 1.54) is 63.4 Å². The summed E-state index contributed by atoms with van der Waals surface area (Å²) in [5.41, 5.74) is 1.26. The number of hydrogen-bond acceptors (Lipinski definition) is 4. The normalized spacial score (nSPS) is 25.0. The summed E-state index contributed by atoms with van der Waals surface area (Å²) >= 11 is 0. The molecular formula is C17H28N4. The van der Waals surface area contributed by atoms with Crippen molar-refractivity contribution in [3.05, 3.63) is 18.1 Å². The second-order valence-corrected chi connectivity index (χ2v) is 6.51. The van der Waals surface area contributed by atoms with E-state index in [-0.39, 0.29) is 0 Å². The van der Waals surface area contributed by atoms with Gasteiger partial charge in [0.1, 0.15) is 12.1 Å². The quantitative estimate of drug-likeness (QED) is 0.795. The van der Waals surface area contributed by atoms with Gasteiger partial charge in [0.25, 0.3) is 0 Å². The molecule has 0 spiro atoms. The fourth-order valence-corrected chi connectivity index (χ4v) is 3.58. The number of hydrogen-bond donors (Lipinski definition) is 1. The first-order valence-corrected chi connectivity index (χ1v) is 8.71. The van der Waals surface area contributed by atoms with E-state index >= 15 is 0 Å². The van der Waals surface area contributed by atoms with Crippen LogP contribution in [-0.2, 0) is 6.54 Å². The van der Waals surface area contributed by atoms with Crippen molar-refractivity contribution in [1.82, 2.24) is 15.3 Å². The Bertz CT molecular complexity index is 435. The summed E-state index contributed by atoms with van der Waals surface area (Å²) in [4.78, 5) is 11.3. The van der Waals surface area contributed by atoms with Crippen LogP contribution < -0.4 is 10.2 Å². The molecule has 0 aromatic carbocycles. The van der Waals surface area contributed by atoms with E-state index in [9.17, 15) is 0 Å². The van der Waals surface area contributed by atoms with Crippen molar-refractivity contribution in [3.63, 3.8) is 0 Å². The summed E-state index contributed by atoms with van der Waals surface area (Å²) in [7, 11) is 0. The molecule has 0 radical (unpaired) electrons. The molecule has 21 heavy (non-hydrogen) atoms. The summed E-state index contributed by atoms with van der Waals surface area (Å²) in [6, 6.07) is 0.597. The summed E-state index contributed by atoms with van der Waals surface area (Å²) in [5.74, 6) is 1.16. The monoisotopic (exact) mass is 288 g/mol. The molecule has 1 N–H and O–H groups in total. The Balaban J connectivity index is 1.73. The van der Waals surface area contributed by atoms with Crippen molar-refractivity contribution in [2.24, 2.45) is 0 Å². The van der Waals surface area contributed by atoms with Crippen LogP contribution in [0.3, 0.4) is 0 Å². The van der Waals surface area contributed by atoms with Crippen molar-refractivity contribution in [2.45, 2.75) is 70.4 Å². The highest BCUT2D eigenvalue weighted by Crippen LogP contribution is 2.23. The van der Waals surface area contributed by atoms with Crippen LogP contribution in [0.2, 0.25) is 0 Å². The number of nitrogens with one attached hydrogen (secondary N) is 1. The number of aromatic nitrogens is 2. The number of rotatable bonds is 0. The van der Waals surface area contributed by atoms with E-state index in [1.807, 2.05) is 6.20 Å². The Hall–Kier alpha value is -1.16. The Labute approximate surface area is 128 Å².